The Hall–Kier alpha value is -5.38. The van der Waals surface area contributed by atoms with E-state index in [0.29, 0.717) is 84.8 Å². The molecule has 8 rings (SSSR count). The monoisotopic (exact) mass is 756 g/mol. The number of hydrogen-bond acceptors (Lipinski definition) is 8. The molecule has 0 spiro atoms. The zero-order valence-corrected chi connectivity index (χ0v) is 32.9. The van der Waals surface area contributed by atoms with Crippen LogP contribution in [0.4, 0.5) is 11.4 Å². The molecule has 56 heavy (non-hydrogen) atoms. The van der Waals surface area contributed by atoms with Crippen molar-refractivity contribution in [1.82, 2.24) is 9.97 Å². The van der Waals surface area contributed by atoms with Crippen molar-refractivity contribution in [2.24, 2.45) is 11.8 Å². The highest BCUT2D eigenvalue weighted by Crippen LogP contribution is 2.52. The van der Waals surface area contributed by atoms with Gasteiger partial charge in [-0.2, -0.15) is 0 Å². The number of amides is 2. The highest BCUT2D eigenvalue weighted by Gasteiger charge is 2.47. The van der Waals surface area contributed by atoms with Crippen molar-refractivity contribution in [3.8, 4) is 11.5 Å². The lowest BCUT2D eigenvalue weighted by Crippen LogP contribution is -2.40. The standard InChI is InChI=1S/2C23H26N2O3/c2*1-3-23-10-8-18(26)14-17(23)9-12-28-21-13-16(6-7-19(21)23)22(27)25-20-5-4-11-24-15(20)2/h2*4-7,11,13,17H,3,8-10,12,14H2,1-2H3,(H,25,27)/t2*17-,23+/m10/s1. The topological polar surface area (TPSA) is 137 Å². The number of ether oxygens (including phenoxy) is 2. The number of aromatic nitrogens is 2. The minimum Gasteiger partial charge on any atom is -0.493 e. The molecule has 10 nitrogen and oxygen atoms in total. The van der Waals surface area contributed by atoms with Crippen LogP contribution in [0.1, 0.15) is 121 Å². The maximum Gasteiger partial charge on any atom is 0.255 e. The van der Waals surface area contributed by atoms with Crippen molar-refractivity contribution in [3.63, 3.8) is 0 Å². The number of aryl methyl sites for hydroxylation is 2. The summed E-state index contributed by atoms with van der Waals surface area (Å²) in [5.74, 6) is 2.58. The van der Waals surface area contributed by atoms with Gasteiger partial charge in [0.15, 0.2) is 0 Å². The Balaban J connectivity index is 0.000000172. The molecule has 10 heteroatoms. The molecule has 2 N–H and O–H groups in total. The summed E-state index contributed by atoms with van der Waals surface area (Å²) in [6.45, 7) is 9.29. The second kappa shape index (κ2) is 16.4. The summed E-state index contributed by atoms with van der Waals surface area (Å²) in [6, 6.07) is 18.8. The minimum absolute atomic E-state index is 0.0330. The van der Waals surface area contributed by atoms with Crippen molar-refractivity contribution in [2.45, 2.75) is 103 Å². The number of carbonyl (C=O) groups excluding carboxylic acids is 4. The van der Waals surface area contributed by atoms with E-state index in [2.05, 4.69) is 34.4 Å². The number of Topliss-reactive ketones (excluding diaryl/α,β-unsaturated/α-hetero) is 2. The second-order valence-electron chi connectivity index (χ2n) is 15.8. The van der Waals surface area contributed by atoms with Crippen LogP contribution in [0.25, 0.3) is 0 Å². The molecule has 2 saturated carbocycles. The van der Waals surface area contributed by atoms with Crippen LogP contribution in [0.2, 0.25) is 0 Å². The fraction of sp³-hybridized carbons (Fsp3) is 0.435. The van der Waals surface area contributed by atoms with E-state index in [1.54, 1.807) is 24.5 Å². The third-order valence-corrected chi connectivity index (χ3v) is 13.0. The lowest BCUT2D eigenvalue weighted by Gasteiger charge is -2.42. The number of ketones is 2. The van der Waals surface area contributed by atoms with Crippen LogP contribution in [0, 0.1) is 25.7 Å². The minimum atomic E-state index is -0.173. The number of pyridine rings is 2. The SMILES string of the molecule is CC[C@@]12CCC(=O)C[C@@H]1CCOc1cc(C(=O)Nc3cccnc3C)ccc12.CC[C@]12CCC(=O)C[C@H]1CCOc1cc(C(=O)Nc3cccnc3C)ccc12. The summed E-state index contributed by atoms with van der Waals surface area (Å²) < 4.78 is 12.1. The number of carbonyl (C=O) groups is 4. The molecule has 4 atom stereocenters. The first kappa shape index (κ1) is 38.9. The number of anilines is 2. The summed E-state index contributed by atoms with van der Waals surface area (Å²) in [5, 5.41) is 5.87. The highest BCUT2D eigenvalue weighted by molar-refractivity contribution is 6.05. The third-order valence-electron chi connectivity index (χ3n) is 13.0. The Morgan fingerprint density at radius 3 is 1.50 bits per heavy atom. The zero-order valence-electron chi connectivity index (χ0n) is 32.9. The molecule has 0 unspecified atom stereocenters. The third kappa shape index (κ3) is 7.58. The molecule has 0 saturated heterocycles. The van der Waals surface area contributed by atoms with Crippen LogP contribution in [0.3, 0.4) is 0 Å². The summed E-state index contributed by atoms with van der Waals surface area (Å²) in [7, 11) is 0. The lowest BCUT2D eigenvalue weighted by molar-refractivity contribution is -0.124. The van der Waals surface area contributed by atoms with Gasteiger partial charge in [-0.15, -0.1) is 0 Å². The number of hydrogen-bond donors (Lipinski definition) is 2. The van der Waals surface area contributed by atoms with Crippen molar-refractivity contribution in [2.75, 3.05) is 23.8 Å². The van der Waals surface area contributed by atoms with E-state index in [1.807, 2.05) is 62.4 Å². The molecule has 4 heterocycles. The van der Waals surface area contributed by atoms with Gasteiger partial charge in [0.05, 0.1) is 36.0 Å². The van der Waals surface area contributed by atoms with Crippen molar-refractivity contribution >= 4 is 34.8 Å². The molecule has 2 aliphatic carbocycles. The van der Waals surface area contributed by atoms with Crippen LogP contribution in [0.15, 0.2) is 73.1 Å². The van der Waals surface area contributed by atoms with Crippen LogP contribution < -0.4 is 20.1 Å². The molecule has 4 aliphatic rings. The molecule has 2 amide bonds. The van der Waals surface area contributed by atoms with Gasteiger partial charge in [-0.3, -0.25) is 29.1 Å². The quantitative estimate of drug-likeness (QED) is 0.199. The molecule has 292 valence electrons. The Kier molecular flexibility index (Phi) is 11.4. The van der Waals surface area contributed by atoms with Gasteiger partial charge in [0.1, 0.15) is 23.1 Å². The first-order valence-corrected chi connectivity index (χ1v) is 20.1. The van der Waals surface area contributed by atoms with Gasteiger partial charge < -0.3 is 20.1 Å². The second-order valence-corrected chi connectivity index (χ2v) is 15.8. The maximum atomic E-state index is 12.8. The number of nitrogens with one attached hydrogen (secondary N) is 2. The van der Waals surface area contributed by atoms with Gasteiger partial charge in [-0.25, -0.2) is 0 Å². The van der Waals surface area contributed by atoms with E-state index in [1.165, 1.54) is 0 Å². The molecule has 0 bridgehead atoms. The molecular weight excluding hydrogens is 705 g/mol. The summed E-state index contributed by atoms with van der Waals surface area (Å²) >= 11 is 0. The number of nitrogens with zero attached hydrogens (tertiary/aromatic N) is 2. The Labute approximate surface area is 329 Å². The van der Waals surface area contributed by atoms with Crippen LogP contribution in [-0.2, 0) is 20.4 Å². The molecule has 2 fully saturated rings. The largest absolute Gasteiger partial charge is 0.493 e. The first-order chi connectivity index (χ1) is 27.1. The molecule has 2 aromatic heterocycles. The van der Waals surface area contributed by atoms with Crippen molar-refractivity contribution in [1.29, 1.82) is 0 Å². The summed E-state index contributed by atoms with van der Waals surface area (Å²) in [5.41, 5.74) is 6.35. The van der Waals surface area contributed by atoms with Crippen LogP contribution in [0.5, 0.6) is 11.5 Å². The number of rotatable bonds is 6. The highest BCUT2D eigenvalue weighted by atomic mass is 16.5. The molecule has 2 aromatic carbocycles. The Bertz CT molecular complexity index is 2000. The van der Waals surface area contributed by atoms with E-state index in [9.17, 15) is 19.2 Å². The lowest BCUT2D eigenvalue weighted by atomic mass is 9.60. The van der Waals surface area contributed by atoms with E-state index >= 15 is 0 Å². The van der Waals surface area contributed by atoms with Gasteiger partial charge in [-0.05, 0) is 113 Å². The zero-order chi connectivity index (χ0) is 39.5. The smallest absolute Gasteiger partial charge is 0.255 e. The Morgan fingerprint density at radius 1 is 0.679 bits per heavy atom. The van der Waals surface area contributed by atoms with Crippen LogP contribution >= 0.6 is 0 Å². The summed E-state index contributed by atoms with van der Waals surface area (Å²) in [6.07, 6.45) is 11.4. The average molecular weight is 757 g/mol. The van der Waals surface area contributed by atoms with E-state index in [4.69, 9.17) is 9.47 Å². The molecule has 0 radical (unpaired) electrons. The fourth-order valence-corrected chi connectivity index (χ4v) is 9.69. The number of fused-ring (bicyclic) bond motifs is 6. The van der Waals surface area contributed by atoms with Crippen molar-refractivity contribution in [3.05, 3.63) is 107 Å². The van der Waals surface area contributed by atoms with Crippen LogP contribution in [-0.4, -0.2) is 46.6 Å². The Morgan fingerprint density at radius 2 is 1.11 bits per heavy atom. The molecular formula is C46H52N4O6. The number of benzene rings is 2. The predicted octanol–water partition coefficient (Wildman–Crippen LogP) is 8.88. The molecule has 2 aliphatic heterocycles. The molecule has 4 aromatic rings. The average Bonchev–Trinajstić information content (AvgIpc) is 3.47. The van der Waals surface area contributed by atoms with Crippen molar-refractivity contribution < 1.29 is 28.7 Å². The summed E-state index contributed by atoms with van der Waals surface area (Å²) in [4.78, 5) is 58.1. The van der Waals surface area contributed by atoms with Gasteiger partial charge >= 0.3 is 0 Å². The predicted molar refractivity (Wildman–Crippen MR) is 216 cm³/mol. The van der Waals surface area contributed by atoms with Gasteiger partial charge in [0, 0.05) is 71.2 Å². The normalized spacial score (nSPS) is 23.8. The van der Waals surface area contributed by atoms with Gasteiger partial charge in [-0.1, -0.05) is 26.0 Å². The van der Waals surface area contributed by atoms with Gasteiger partial charge in [0.2, 0.25) is 0 Å². The first-order valence-electron chi connectivity index (χ1n) is 20.1. The maximum absolute atomic E-state index is 12.8. The van der Waals surface area contributed by atoms with Gasteiger partial charge in [0.25, 0.3) is 11.8 Å². The van der Waals surface area contributed by atoms with E-state index < -0.39 is 0 Å². The fourth-order valence-electron chi connectivity index (χ4n) is 9.69. The van der Waals surface area contributed by atoms with E-state index in [0.717, 1.165) is 72.5 Å². The van der Waals surface area contributed by atoms with E-state index in [-0.39, 0.29) is 22.6 Å².